The van der Waals surface area contributed by atoms with E-state index in [1.54, 1.807) is 48.8 Å². The molecule has 1 N–H and O–H groups in total. The summed E-state index contributed by atoms with van der Waals surface area (Å²) in [6.07, 6.45) is 1.55. The van der Waals surface area contributed by atoms with Crippen LogP contribution in [0.15, 0.2) is 52.5 Å². The zero-order valence-corrected chi connectivity index (χ0v) is 14.8. The van der Waals surface area contributed by atoms with Crippen molar-refractivity contribution in [2.75, 3.05) is 17.3 Å². The van der Waals surface area contributed by atoms with Crippen LogP contribution in [0.2, 0.25) is 5.02 Å². The Morgan fingerprint density at radius 2 is 2.04 bits per heavy atom. The number of halogens is 1. The number of furan rings is 1. The van der Waals surface area contributed by atoms with E-state index in [-0.39, 0.29) is 24.0 Å². The third-order valence-corrected chi connectivity index (χ3v) is 4.55. The zero-order chi connectivity index (χ0) is 17.8. The van der Waals surface area contributed by atoms with Crippen molar-refractivity contribution in [1.82, 2.24) is 4.98 Å². The molecular formula is C17H14ClN3O3S. The Bertz CT molecular complexity index is 875. The van der Waals surface area contributed by atoms with E-state index in [4.69, 9.17) is 16.0 Å². The molecule has 0 unspecified atom stereocenters. The van der Waals surface area contributed by atoms with Gasteiger partial charge in [-0.3, -0.25) is 14.5 Å². The van der Waals surface area contributed by atoms with E-state index in [1.165, 1.54) is 22.5 Å². The molecule has 0 aliphatic rings. The molecule has 0 radical (unpaired) electrons. The van der Waals surface area contributed by atoms with E-state index in [1.807, 2.05) is 0 Å². The van der Waals surface area contributed by atoms with Crippen LogP contribution in [0, 0.1) is 0 Å². The maximum Gasteiger partial charge on any atom is 0.295 e. The van der Waals surface area contributed by atoms with Gasteiger partial charge in [-0.25, -0.2) is 4.98 Å². The van der Waals surface area contributed by atoms with Gasteiger partial charge in [-0.05, 0) is 36.4 Å². The lowest BCUT2D eigenvalue weighted by atomic mass is 10.3. The molecule has 2 amide bonds. The first-order valence-electron chi connectivity index (χ1n) is 7.34. The van der Waals surface area contributed by atoms with E-state index < -0.39 is 0 Å². The van der Waals surface area contributed by atoms with Crippen molar-refractivity contribution < 1.29 is 14.0 Å². The van der Waals surface area contributed by atoms with E-state index in [0.717, 1.165) is 0 Å². The normalized spacial score (nSPS) is 10.5. The molecule has 2 aromatic heterocycles. The minimum Gasteiger partial charge on any atom is -0.459 e. The van der Waals surface area contributed by atoms with Crippen molar-refractivity contribution in [3.05, 3.63) is 64.5 Å². The fourth-order valence-electron chi connectivity index (χ4n) is 2.09. The highest BCUT2D eigenvalue weighted by Crippen LogP contribution is 2.22. The van der Waals surface area contributed by atoms with Crippen LogP contribution in [0.3, 0.4) is 0 Å². The Balaban J connectivity index is 1.62. The molecule has 0 saturated carbocycles. The second kappa shape index (κ2) is 7.50. The molecule has 6 nitrogen and oxygen atoms in total. The molecule has 3 rings (SSSR count). The van der Waals surface area contributed by atoms with Crippen molar-refractivity contribution in [2.24, 2.45) is 0 Å². The van der Waals surface area contributed by atoms with E-state index in [2.05, 4.69) is 10.3 Å². The number of thiazole rings is 1. The second-order valence-electron chi connectivity index (χ2n) is 5.19. The molecule has 0 spiro atoms. The number of amides is 2. The van der Waals surface area contributed by atoms with Gasteiger partial charge in [0.2, 0.25) is 5.91 Å². The fraction of sp³-hybridized carbons (Fsp3) is 0.118. The Labute approximate surface area is 153 Å². The fourth-order valence-corrected chi connectivity index (χ4v) is 3.00. The standard InChI is InChI=1S/C17H14ClN3O3S/c1-21(16(23)14-3-2-8-24-14)17-20-13(10-25-17)9-15(22)19-12-6-4-11(18)5-7-12/h2-8,10H,9H2,1H3,(H,19,22). The number of carbonyl (C=O) groups excluding carboxylic acids is 2. The van der Waals surface area contributed by atoms with Gasteiger partial charge >= 0.3 is 0 Å². The maximum absolute atomic E-state index is 12.2. The Hall–Kier alpha value is -2.64. The van der Waals surface area contributed by atoms with Crippen LogP contribution < -0.4 is 10.2 Å². The lowest BCUT2D eigenvalue weighted by Crippen LogP contribution is -2.25. The smallest absolute Gasteiger partial charge is 0.295 e. The average molecular weight is 376 g/mol. The largest absolute Gasteiger partial charge is 0.459 e. The van der Waals surface area contributed by atoms with Gasteiger partial charge < -0.3 is 9.73 Å². The van der Waals surface area contributed by atoms with Crippen molar-refractivity contribution >= 4 is 45.6 Å². The SMILES string of the molecule is CN(C(=O)c1ccco1)c1nc(CC(=O)Nc2ccc(Cl)cc2)cs1. The highest BCUT2D eigenvalue weighted by molar-refractivity contribution is 7.14. The van der Waals surface area contributed by atoms with Gasteiger partial charge in [0.25, 0.3) is 5.91 Å². The molecule has 3 aromatic rings. The molecular weight excluding hydrogens is 362 g/mol. The number of anilines is 2. The third kappa shape index (κ3) is 4.26. The number of nitrogens with zero attached hydrogens (tertiary/aromatic N) is 2. The third-order valence-electron chi connectivity index (χ3n) is 3.33. The Kier molecular flexibility index (Phi) is 5.16. The highest BCUT2D eigenvalue weighted by Gasteiger charge is 2.19. The first-order chi connectivity index (χ1) is 12.0. The number of nitrogens with one attached hydrogen (secondary N) is 1. The summed E-state index contributed by atoms with van der Waals surface area (Å²) in [5.41, 5.74) is 1.25. The van der Waals surface area contributed by atoms with Crippen LogP contribution in [-0.4, -0.2) is 23.8 Å². The minimum absolute atomic E-state index is 0.113. The van der Waals surface area contributed by atoms with Crippen molar-refractivity contribution in [3.8, 4) is 0 Å². The van der Waals surface area contributed by atoms with Gasteiger partial charge in [0, 0.05) is 23.1 Å². The number of carbonyl (C=O) groups is 2. The molecule has 0 fully saturated rings. The summed E-state index contributed by atoms with van der Waals surface area (Å²) < 4.78 is 5.10. The number of aromatic nitrogens is 1. The van der Waals surface area contributed by atoms with Gasteiger partial charge in [-0.15, -0.1) is 11.3 Å². The molecule has 0 aliphatic carbocycles. The summed E-state index contributed by atoms with van der Waals surface area (Å²) in [5, 5.41) is 5.62. The molecule has 0 aliphatic heterocycles. The summed E-state index contributed by atoms with van der Waals surface area (Å²) in [6.45, 7) is 0. The monoisotopic (exact) mass is 375 g/mol. The van der Waals surface area contributed by atoms with Crippen molar-refractivity contribution in [3.63, 3.8) is 0 Å². The molecule has 0 atom stereocenters. The average Bonchev–Trinajstić information content (AvgIpc) is 3.27. The molecule has 25 heavy (non-hydrogen) atoms. The first kappa shape index (κ1) is 17.2. The van der Waals surface area contributed by atoms with E-state index >= 15 is 0 Å². The highest BCUT2D eigenvalue weighted by atomic mass is 35.5. The topological polar surface area (TPSA) is 75.4 Å². The first-order valence-corrected chi connectivity index (χ1v) is 8.60. The summed E-state index contributed by atoms with van der Waals surface area (Å²) in [4.78, 5) is 30.0. The number of benzene rings is 1. The second-order valence-corrected chi connectivity index (χ2v) is 6.47. The van der Waals surface area contributed by atoms with Crippen LogP contribution in [0.4, 0.5) is 10.8 Å². The summed E-state index contributed by atoms with van der Waals surface area (Å²) in [5.74, 6) is -0.254. The quantitative estimate of drug-likeness (QED) is 0.735. The zero-order valence-electron chi connectivity index (χ0n) is 13.2. The van der Waals surface area contributed by atoms with Crippen molar-refractivity contribution in [2.45, 2.75) is 6.42 Å². The van der Waals surface area contributed by atoms with Crippen LogP contribution in [0.1, 0.15) is 16.2 Å². The Morgan fingerprint density at radius 1 is 1.28 bits per heavy atom. The summed E-state index contributed by atoms with van der Waals surface area (Å²) >= 11 is 7.10. The molecule has 2 heterocycles. The lowest BCUT2D eigenvalue weighted by molar-refractivity contribution is -0.115. The van der Waals surface area contributed by atoms with Gasteiger partial charge in [0.15, 0.2) is 10.9 Å². The van der Waals surface area contributed by atoms with Gasteiger partial charge in [-0.1, -0.05) is 11.6 Å². The molecule has 1 aromatic carbocycles. The van der Waals surface area contributed by atoms with Gasteiger partial charge in [-0.2, -0.15) is 0 Å². The van der Waals surface area contributed by atoms with Crippen LogP contribution in [-0.2, 0) is 11.2 Å². The van der Waals surface area contributed by atoms with Crippen LogP contribution >= 0.6 is 22.9 Å². The number of rotatable bonds is 5. The van der Waals surface area contributed by atoms with Crippen LogP contribution in [0.25, 0.3) is 0 Å². The van der Waals surface area contributed by atoms with E-state index in [9.17, 15) is 9.59 Å². The summed E-state index contributed by atoms with van der Waals surface area (Å²) in [6, 6.07) is 10.1. The predicted molar refractivity (Wildman–Crippen MR) is 97.3 cm³/mol. The lowest BCUT2D eigenvalue weighted by Gasteiger charge is -2.11. The molecule has 128 valence electrons. The molecule has 8 heteroatoms. The molecule has 0 bridgehead atoms. The molecule has 0 saturated heterocycles. The predicted octanol–water partition coefficient (Wildman–Crippen LogP) is 3.85. The number of hydrogen-bond donors (Lipinski definition) is 1. The number of hydrogen-bond acceptors (Lipinski definition) is 5. The van der Waals surface area contributed by atoms with Gasteiger partial charge in [0.05, 0.1) is 18.4 Å². The Morgan fingerprint density at radius 3 is 2.72 bits per heavy atom. The maximum atomic E-state index is 12.2. The van der Waals surface area contributed by atoms with E-state index in [0.29, 0.717) is 21.5 Å². The summed E-state index contributed by atoms with van der Waals surface area (Å²) in [7, 11) is 1.61. The van der Waals surface area contributed by atoms with Gasteiger partial charge in [0.1, 0.15) is 0 Å². The van der Waals surface area contributed by atoms with Crippen molar-refractivity contribution in [1.29, 1.82) is 0 Å². The minimum atomic E-state index is -0.295. The van der Waals surface area contributed by atoms with Crippen LogP contribution in [0.5, 0.6) is 0 Å².